The molecule has 1 heterocycles. The Balaban J connectivity index is 1.80. The molecule has 0 amide bonds. The molecule has 0 fully saturated rings. The van der Waals surface area contributed by atoms with Crippen LogP contribution in [0.5, 0.6) is 0 Å². The molecular weight excluding hydrogens is 336 g/mol. The van der Waals surface area contributed by atoms with Gasteiger partial charge in [0.05, 0.1) is 23.7 Å². The van der Waals surface area contributed by atoms with Crippen LogP contribution in [0.2, 0.25) is 0 Å². The first-order valence-corrected chi connectivity index (χ1v) is 8.90. The fourth-order valence-electron chi connectivity index (χ4n) is 3.28. The topological polar surface area (TPSA) is 44.1 Å². The summed E-state index contributed by atoms with van der Waals surface area (Å²) in [5, 5.41) is 0. The van der Waals surface area contributed by atoms with Crippen LogP contribution in [0.3, 0.4) is 0 Å². The average Bonchev–Trinajstić information content (AvgIpc) is 3.05. The van der Waals surface area contributed by atoms with Crippen LogP contribution in [0, 0.1) is 0 Å². The molecule has 134 valence electrons. The fraction of sp³-hybridized carbons (Fsp3) is 0.130. The lowest BCUT2D eigenvalue weighted by molar-refractivity contribution is 0.0601. The molecule has 1 aromatic heterocycles. The number of aromatic nitrogens is 2. The molecule has 0 N–H and O–H groups in total. The fourth-order valence-corrected chi connectivity index (χ4v) is 3.28. The van der Waals surface area contributed by atoms with Crippen LogP contribution in [0.1, 0.15) is 27.3 Å². The summed E-state index contributed by atoms with van der Waals surface area (Å²) in [5.41, 5.74) is 4.75. The second-order valence-corrected chi connectivity index (χ2v) is 6.46. The van der Waals surface area contributed by atoms with Gasteiger partial charge in [-0.15, -0.1) is 0 Å². The van der Waals surface area contributed by atoms with Crippen molar-refractivity contribution in [3.8, 4) is 0 Å². The summed E-state index contributed by atoms with van der Waals surface area (Å²) in [5.74, 6) is 0.626. The van der Waals surface area contributed by atoms with Gasteiger partial charge in [-0.05, 0) is 29.3 Å². The molecule has 0 bridgehead atoms. The van der Waals surface area contributed by atoms with Gasteiger partial charge < -0.3 is 9.30 Å². The normalized spacial score (nSPS) is 10.9. The van der Waals surface area contributed by atoms with E-state index in [1.165, 1.54) is 18.2 Å². The van der Waals surface area contributed by atoms with Gasteiger partial charge in [0, 0.05) is 13.0 Å². The van der Waals surface area contributed by atoms with Gasteiger partial charge in [0.2, 0.25) is 0 Å². The zero-order valence-electron chi connectivity index (χ0n) is 15.1. The van der Waals surface area contributed by atoms with Gasteiger partial charge in [0.1, 0.15) is 5.82 Å². The molecule has 0 saturated heterocycles. The summed E-state index contributed by atoms with van der Waals surface area (Å²) >= 11 is 0. The van der Waals surface area contributed by atoms with E-state index in [0.717, 1.165) is 29.8 Å². The number of ether oxygens (including phenoxy) is 1. The summed E-state index contributed by atoms with van der Waals surface area (Å²) < 4.78 is 7.06. The number of hydrogen-bond acceptors (Lipinski definition) is 3. The lowest BCUT2D eigenvalue weighted by Gasteiger charge is -2.10. The van der Waals surface area contributed by atoms with Crippen molar-refractivity contribution >= 4 is 17.0 Å². The van der Waals surface area contributed by atoms with Crippen molar-refractivity contribution < 1.29 is 9.53 Å². The van der Waals surface area contributed by atoms with E-state index >= 15 is 0 Å². The molecule has 3 aromatic carbocycles. The van der Waals surface area contributed by atoms with E-state index in [1.54, 1.807) is 12.1 Å². The largest absolute Gasteiger partial charge is 0.465 e. The van der Waals surface area contributed by atoms with Crippen molar-refractivity contribution in [3.63, 3.8) is 0 Å². The second-order valence-electron chi connectivity index (χ2n) is 6.46. The Bertz CT molecular complexity index is 1070. The minimum Gasteiger partial charge on any atom is -0.465 e. The molecule has 4 aromatic rings. The first kappa shape index (κ1) is 17.0. The van der Waals surface area contributed by atoms with E-state index in [1.807, 2.05) is 42.5 Å². The number of rotatable bonds is 5. The summed E-state index contributed by atoms with van der Waals surface area (Å²) in [6, 6.07) is 26.2. The van der Waals surface area contributed by atoms with E-state index in [2.05, 4.69) is 28.8 Å². The maximum absolute atomic E-state index is 11.9. The molecule has 4 heteroatoms. The number of imidazole rings is 1. The van der Waals surface area contributed by atoms with Gasteiger partial charge in [-0.2, -0.15) is 0 Å². The molecule has 0 radical (unpaired) electrons. The minimum atomic E-state index is -0.348. The van der Waals surface area contributed by atoms with Gasteiger partial charge in [0.25, 0.3) is 0 Å². The van der Waals surface area contributed by atoms with E-state index in [-0.39, 0.29) is 5.97 Å². The van der Waals surface area contributed by atoms with Gasteiger partial charge in [0.15, 0.2) is 0 Å². The zero-order valence-corrected chi connectivity index (χ0v) is 15.1. The predicted octanol–water partition coefficient (Wildman–Crippen LogP) is 4.46. The molecule has 0 aliphatic carbocycles. The summed E-state index contributed by atoms with van der Waals surface area (Å²) in [6.45, 7) is 0.733. The SMILES string of the molecule is COC(=O)c1ccc2c(c1)nc(Cc1ccccc1)n2Cc1ccccc1. The first-order chi connectivity index (χ1) is 13.2. The molecule has 4 nitrogen and oxygen atoms in total. The molecular formula is C23H20N2O2. The van der Waals surface area contributed by atoms with Crippen LogP contribution in [0.25, 0.3) is 11.0 Å². The smallest absolute Gasteiger partial charge is 0.337 e. The molecule has 27 heavy (non-hydrogen) atoms. The average molecular weight is 356 g/mol. The third-order valence-corrected chi connectivity index (χ3v) is 4.64. The zero-order chi connectivity index (χ0) is 18.6. The number of fused-ring (bicyclic) bond motifs is 1. The Kier molecular flexibility index (Phi) is 4.71. The van der Waals surface area contributed by atoms with Crippen molar-refractivity contribution in [2.24, 2.45) is 0 Å². The number of carbonyl (C=O) groups is 1. The molecule has 0 unspecified atom stereocenters. The van der Waals surface area contributed by atoms with Gasteiger partial charge in [-0.3, -0.25) is 0 Å². The maximum atomic E-state index is 11.9. The summed E-state index contributed by atoms with van der Waals surface area (Å²) in [6.07, 6.45) is 0.732. The summed E-state index contributed by atoms with van der Waals surface area (Å²) in [4.78, 5) is 16.7. The van der Waals surface area contributed by atoms with Crippen LogP contribution >= 0.6 is 0 Å². The highest BCUT2D eigenvalue weighted by atomic mass is 16.5. The van der Waals surface area contributed by atoms with Gasteiger partial charge in [-0.25, -0.2) is 9.78 Å². The van der Waals surface area contributed by atoms with Crippen LogP contribution in [-0.4, -0.2) is 22.6 Å². The molecule has 0 spiro atoms. The molecule has 0 aliphatic rings. The van der Waals surface area contributed by atoms with Crippen molar-refractivity contribution in [1.29, 1.82) is 0 Å². The Morgan fingerprint density at radius 1 is 0.926 bits per heavy atom. The van der Waals surface area contributed by atoms with E-state index in [0.29, 0.717) is 5.56 Å². The molecule has 4 rings (SSSR count). The number of carbonyl (C=O) groups excluding carboxylic acids is 1. The highest BCUT2D eigenvalue weighted by molar-refractivity contribution is 5.93. The van der Waals surface area contributed by atoms with Crippen molar-refractivity contribution in [1.82, 2.24) is 9.55 Å². The molecule has 0 aliphatic heterocycles. The lowest BCUT2D eigenvalue weighted by atomic mass is 10.1. The third kappa shape index (κ3) is 3.60. The Hall–Kier alpha value is -3.40. The van der Waals surface area contributed by atoms with E-state index < -0.39 is 0 Å². The minimum absolute atomic E-state index is 0.348. The first-order valence-electron chi connectivity index (χ1n) is 8.90. The van der Waals surface area contributed by atoms with Crippen LogP contribution < -0.4 is 0 Å². The monoisotopic (exact) mass is 356 g/mol. The maximum Gasteiger partial charge on any atom is 0.337 e. The molecule has 0 atom stereocenters. The number of benzene rings is 3. The Morgan fingerprint density at radius 3 is 2.26 bits per heavy atom. The van der Waals surface area contributed by atoms with E-state index in [9.17, 15) is 4.79 Å². The Morgan fingerprint density at radius 2 is 1.59 bits per heavy atom. The van der Waals surface area contributed by atoms with Crippen molar-refractivity contribution in [3.05, 3.63) is 101 Å². The quantitative estimate of drug-likeness (QED) is 0.496. The van der Waals surface area contributed by atoms with E-state index in [4.69, 9.17) is 9.72 Å². The highest BCUT2D eigenvalue weighted by Crippen LogP contribution is 2.22. The predicted molar refractivity (Wildman–Crippen MR) is 106 cm³/mol. The van der Waals surface area contributed by atoms with Crippen molar-refractivity contribution in [2.45, 2.75) is 13.0 Å². The highest BCUT2D eigenvalue weighted by Gasteiger charge is 2.14. The standard InChI is InChI=1S/C23H20N2O2/c1-27-23(26)19-12-13-21-20(15-19)24-22(14-17-8-4-2-5-9-17)25(21)16-18-10-6-3-7-11-18/h2-13,15H,14,16H2,1H3. The van der Waals surface area contributed by atoms with Gasteiger partial charge >= 0.3 is 5.97 Å². The lowest BCUT2D eigenvalue weighted by Crippen LogP contribution is -2.06. The van der Waals surface area contributed by atoms with Crippen LogP contribution in [0.15, 0.2) is 78.9 Å². The third-order valence-electron chi connectivity index (χ3n) is 4.64. The number of nitrogens with zero attached hydrogens (tertiary/aromatic N) is 2. The van der Waals surface area contributed by atoms with Crippen molar-refractivity contribution in [2.75, 3.05) is 7.11 Å². The second kappa shape index (κ2) is 7.46. The number of hydrogen-bond donors (Lipinski definition) is 0. The number of esters is 1. The number of methoxy groups -OCH3 is 1. The summed E-state index contributed by atoms with van der Waals surface area (Å²) in [7, 11) is 1.39. The van der Waals surface area contributed by atoms with Crippen LogP contribution in [0.4, 0.5) is 0 Å². The van der Waals surface area contributed by atoms with Crippen LogP contribution in [-0.2, 0) is 17.7 Å². The van der Waals surface area contributed by atoms with Gasteiger partial charge in [-0.1, -0.05) is 60.7 Å². The Labute approximate surface area is 158 Å². The molecule has 0 saturated carbocycles.